The molecule has 148 valence electrons. The molecular formula is C22H14F4O3. The minimum atomic E-state index is -4.72. The summed E-state index contributed by atoms with van der Waals surface area (Å²) in [6.45, 7) is 0. The highest BCUT2D eigenvalue weighted by Gasteiger charge is 2.27. The number of benzene rings is 3. The van der Waals surface area contributed by atoms with Gasteiger partial charge >= 0.3 is 12.1 Å². The zero-order valence-electron chi connectivity index (χ0n) is 14.8. The molecule has 0 unspecified atom stereocenters. The van der Waals surface area contributed by atoms with Gasteiger partial charge < -0.3 is 9.47 Å². The van der Waals surface area contributed by atoms with Crippen molar-refractivity contribution in [2.24, 2.45) is 0 Å². The van der Waals surface area contributed by atoms with Gasteiger partial charge in [0.15, 0.2) is 0 Å². The molecule has 0 atom stereocenters. The minimum absolute atomic E-state index is 0.0283. The molecule has 0 radical (unpaired) electrons. The van der Waals surface area contributed by atoms with Gasteiger partial charge in [-0.1, -0.05) is 18.2 Å². The van der Waals surface area contributed by atoms with E-state index in [1.807, 2.05) is 6.07 Å². The van der Waals surface area contributed by atoms with Crippen LogP contribution in [-0.4, -0.2) is 12.1 Å². The standard InChI is InChI=1S/C22H14F4O3/c23-17-10-6-15(7-11-17)20(14-22(24,25)26)29-21(27)16-8-12-19(13-9-16)28-18-4-2-1-3-5-18/h1-14H/b20-14+. The molecule has 0 bridgehead atoms. The van der Waals surface area contributed by atoms with Gasteiger partial charge in [0.2, 0.25) is 0 Å². The smallest absolute Gasteiger partial charge is 0.413 e. The fourth-order valence-corrected chi connectivity index (χ4v) is 2.38. The first-order valence-electron chi connectivity index (χ1n) is 8.41. The average Bonchev–Trinajstić information content (AvgIpc) is 2.68. The van der Waals surface area contributed by atoms with E-state index in [2.05, 4.69) is 0 Å². The molecule has 29 heavy (non-hydrogen) atoms. The molecule has 0 spiro atoms. The van der Waals surface area contributed by atoms with Crippen LogP contribution >= 0.6 is 0 Å². The fourth-order valence-electron chi connectivity index (χ4n) is 2.38. The highest BCUT2D eigenvalue weighted by atomic mass is 19.4. The Kier molecular flexibility index (Phi) is 5.97. The van der Waals surface area contributed by atoms with Crippen LogP contribution in [-0.2, 0) is 4.74 Å². The number of halogens is 4. The van der Waals surface area contributed by atoms with Crippen LogP contribution in [0.15, 0.2) is 84.9 Å². The minimum Gasteiger partial charge on any atom is -0.457 e. The highest BCUT2D eigenvalue weighted by molar-refractivity contribution is 5.93. The van der Waals surface area contributed by atoms with E-state index in [0.717, 1.165) is 24.3 Å². The Hall–Kier alpha value is -3.61. The number of para-hydroxylation sites is 1. The summed E-state index contributed by atoms with van der Waals surface area (Å²) in [6.07, 6.45) is -4.87. The van der Waals surface area contributed by atoms with Crippen LogP contribution in [0.3, 0.4) is 0 Å². The second-order valence-corrected chi connectivity index (χ2v) is 5.89. The Bertz CT molecular complexity index is 993. The maximum Gasteiger partial charge on any atom is 0.413 e. The second-order valence-electron chi connectivity index (χ2n) is 5.89. The quantitative estimate of drug-likeness (QED) is 0.282. The molecule has 7 heteroatoms. The van der Waals surface area contributed by atoms with Gasteiger partial charge in [-0.15, -0.1) is 0 Å². The summed E-state index contributed by atoms with van der Waals surface area (Å²) in [5.41, 5.74) is -0.0540. The van der Waals surface area contributed by atoms with Crippen molar-refractivity contribution < 1.29 is 31.8 Å². The molecule has 3 rings (SSSR count). The van der Waals surface area contributed by atoms with Gasteiger partial charge in [-0.3, -0.25) is 0 Å². The number of carbonyl (C=O) groups is 1. The number of hydrogen-bond donors (Lipinski definition) is 0. The summed E-state index contributed by atoms with van der Waals surface area (Å²) in [4.78, 5) is 12.3. The van der Waals surface area contributed by atoms with Crippen LogP contribution in [0.25, 0.3) is 5.76 Å². The second kappa shape index (κ2) is 8.60. The Balaban J connectivity index is 1.77. The molecule has 0 aliphatic heterocycles. The van der Waals surface area contributed by atoms with Crippen molar-refractivity contribution in [2.75, 3.05) is 0 Å². The monoisotopic (exact) mass is 402 g/mol. The Labute approximate surface area is 163 Å². The molecule has 3 aromatic rings. The van der Waals surface area contributed by atoms with Gasteiger partial charge in [0, 0.05) is 5.56 Å². The number of rotatable bonds is 5. The molecule has 0 amide bonds. The summed E-state index contributed by atoms with van der Waals surface area (Å²) < 4.78 is 62.1. The topological polar surface area (TPSA) is 35.5 Å². The predicted molar refractivity (Wildman–Crippen MR) is 98.8 cm³/mol. The van der Waals surface area contributed by atoms with Crippen LogP contribution in [0.5, 0.6) is 11.5 Å². The lowest BCUT2D eigenvalue weighted by Gasteiger charge is -2.11. The largest absolute Gasteiger partial charge is 0.457 e. The molecule has 0 aromatic heterocycles. The Morgan fingerprint density at radius 2 is 1.31 bits per heavy atom. The first kappa shape index (κ1) is 20.1. The first-order valence-corrected chi connectivity index (χ1v) is 8.41. The van der Waals surface area contributed by atoms with E-state index in [9.17, 15) is 22.4 Å². The number of ether oxygens (including phenoxy) is 2. The van der Waals surface area contributed by atoms with Gasteiger partial charge in [-0.25, -0.2) is 9.18 Å². The van der Waals surface area contributed by atoms with Crippen molar-refractivity contribution in [3.8, 4) is 11.5 Å². The number of hydrogen-bond acceptors (Lipinski definition) is 3. The van der Waals surface area contributed by atoms with Crippen molar-refractivity contribution >= 4 is 11.7 Å². The highest BCUT2D eigenvalue weighted by Crippen LogP contribution is 2.27. The van der Waals surface area contributed by atoms with E-state index < -0.39 is 23.7 Å². The van der Waals surface area contributed by atoms with Crippen LogP contribution in [0.1, 0.15) is 15.9 Å². The molecular weight excluding hydrogens is 388 g/mol. The third-order valence-corrected chi connectivity index (χ3v) is 3.70. The molecule has 0 aliphatic carbocycles. The van der Waals surface area contributed by atoms with E-state index in [4.69, 9.17) is 9.47 Å². The summed E-state index contributed by atoms with van der Waals surface area (Å²) in [5.74, 6) is -1.31. The first-order chi connectivity index (χ1) is 13.8. The maximum atomic E-state index is 13.0. The summed E-state index contributed by atoms with van der Waals surface area (Å²) in [7, 11) is 0. The van der Waals surface area contributed by atoms with Crippen LogP contribution in [0.4, 0.5) is 17.6 Å². The van der Waals surface area contributed by atoms with Crippen molar-refractivity contribution in [3.63, 3.8) is 0 Å². The Morgan fingerprint density at radius 1 is 0.759 bits per heavy atom. The lowest BCUT2D eigenvalue weighted by Crippen LogP contribution is -2.09. The van der Waals surface area contributed by atoms with Gasteiger partial charge in [-0.2, -0.15) is 13.2 Å². The number of carbonyl (C=O) groups excluding carboxylic acids is 1. The van der Waals surface area contributed by atoms with Crippen molar-refractivity contribution in [1.29, 1.82) is 0 Å². The molecule has 0 aliphatic rings. The Morgan fingerprint density at radius 3 is 1.90 bits per heavy atom. The SMILES string of the molecule is O=C(O/C(=C/C(F)(F)F)c1ccc(F)cc1)c1ccc(Oc2ccccc2)cc1. The zero-order chi connectivity index (χ0) is 20.9. The van der Waals surface area contributed by atoms with E-state index in [1.165, 1.54) is 24.3 Å². The summed E-state index contributed by atoms with van der Waals surface area (Å²) in [6, 6.07) is 18.8. The molecule has 0 saturated carbocycles. The van der Waals surface area contributed by atoms with Crippen molar-refractivity contribution in [3.05, 3.63) is 102 Å². The number of esters is 1. The molecule has 0 N–H and O–H groups in total. The number of allylic oxidation sites excluding steroid dienone is 1. The summed E-state index contributed by atoms with van der Waals surface area (Å²) in [5, 5.41) is 0. The van der Waals surface area contributed by atoms with Gasteiger partial charge in [-0.05, 0) is 60.7 Å². The van der Waals surface area contributed by atoms with E-state index in [-0.39, 0.29) is 17.2 Å². The molecule has 3 nitrogen and oxygen atoms in total. The molecule has 3 aromatic carbocycles. The lowest BCUT2D eigenvalue weighted by molar-refractivity contribution is -0.0802. The van der Waals surface area contributed by atoms with E-state index in [1.54, 1.807) is 24.3 Å². The third kappa shape index (κ3) is 5.93. The maximum absolute atomic E-state index is 13.0. The fraction of sp³-hybridized carbons (Fsp3) is 0.0455. The van der Waals surface area contributed by atoms with E-state index >= 15 is 0 Å². The van der Waals surface area contributed by atoms with Crippen molar-refractivity contribution in [1.82, 2.24) is 0 Å². The predicted octanol–water partition coefficient (Wildman–Crippen LogP) is 6.38. The van der Waals surface area contributed by atoms with Gasteiger partial charge in [0.1, 0.15) is 23.1 Å². The van der Waals surface area contributed by atoms with Crippen LogP contribution in [0, 0.1) is 5.82 Å². The average molecular weight is 402 g/mol. The molecule has 0 fully saturated rings. The third-order valence-electron chi connectivity index (χ3n) is 3.70. The van der Waals surface area contributed by atoms with Crippen molar-refractivity contribution in [2.45, 2.75) is 6.18 Å². The number of alkyl halides is 3. The van der Waals surface area contributed by atoms with Crippen LogP contribution < -0.4 is 4.74 Å². The van der Waals surface area contributed by atoms with Gasteiger partial charge in [0.25, 0.3) is 0 Å². The normalized spacial score (nSPS) is 11.8. The van der Waals surface area contributed by atoms with E-state index in [0.29, 0.717) is 11.5 Å². The lowest BCUT2D eigenvalue weighted by atomic mass is 10.1. The summed E-state index contributed by atoms with van der Waals surface area (Å²) >= 11 is 0. The van der Waals surface area contributed by atoms with Gasteiger partial charge in [0.05, 0.1) is 11.6 Å². The molecule has 0 saturated heterocycles. The zero-order valence-corrected chi connectivity index (χ0v) is 14.8. The van der Waals surface area contributed by atoms with Crippen LogP contribution in [0.2, 0.25) is 0 Å². The molecule has 0 heterocycles.